The van der Waals surface area contributed by atoms with Crippen LogP contribution in [-0.4, -0.2) is 57.2 Å². The van der Waals surface area contributed by atoms with E-state index in [2.05, 4.69) is 10.2 Å². The van der Waals surface area contributed by atoms with Crippen LogP contribution < -0.4 is 15.8 Å². The molecule has 0 saturated heterocycles. The fourth-order valence-electron chi connectivity index (χ4n) is 3.05. The van der Waals surface area contributed by atoms with Gasteiger partial charge in [0.1, 0.15) is 6.20 Å². The highest BCUT2D eigenvalue weighted by atomic mass is 32.2. The second-order valence-electron chi connectivity index (χ2n) is 7.36. The first-order valence-electron chi connectivity index (χ1n) is 9.51. The van der Waals surface area contributed by atoms with Crippen LogP contribution in [0.25, 0.3) is 16.8 Å². The number of nitrogens with one attached hydrogen (secondary N) is 1. The fourth-order valence-corrected chi connectivity index (χ4v) is 3.89. The van der Waals surface area contributed by atoms with Gasteiger partial charge in [0, 0.05) is 25.1 Å². The maximum atomic E-state index is 12.6. The summed E-state index contributed by atoms with van der Waals surface area (Å²) in [4.78, 5) is 25.9. The summed E-state index contributed by atoms with van der Waals surface area (Å²) in [6.45, 7) is 1.18. The van der Waals surface area contributed by atoms with Gasteiger partial charge in [-0.1, -0.05) is 12.1 Å². The minimum Gasteiger partial charge on any atom is -0.479 e. The summed E-state index contributed by atoms with van der Waals surface area (Å²) in [5.74, 6) is -0.657. The van der Waals surface area contributed by atoms with Crippen LogP contribution in [0.5, 0.6) is 5.88 Å². The largest absolute Gasteiger partial charge is 0.479 e. The van der Waals surface area contributed by atoms with E-state index in [1.54, 1.807) is 18.2 Å². The van der Waals surface area contributed by atoms with Gasteiger partial charge in [0.15, 0.2) is 14.6 Å². The third kappa shape index (κ3) is 4.55. The first kappa shape index (κ1) is 23.2. The number of aromatic nitrogens is 4. The lowest BCUT2D eigenvalue weighted by Crippen LogP contribution is -2.49. The van der Waals surface area contributed by atoms with E-state index >= 15 is 0 Å². The van der Waals surface area contributed by atoms with Gasteiger partial charge in [-0.2, -0.15) is 5.10 Å². The first-order valence-corrected chi connectivity index (χ1v) is 11.4. The zero-order valence-corrected chi connectivity index (χ0v) is 18.5. The van der Waals surface area contributed by atoms with Crippen molar-refractivity contribution in [2.45, 2.75) is 24.6 Å². The van der Waals surface area contributed by atoms with Crippen LogP contribution in [0, 0.1) is 0 Å². The molecule has 1 unspecified atom stereocenters. The molecule has 3 aromatic rings. The topological polar surface area (TPSA) is 145 Å². The SMILES string of the molecule is COc1cnn(-c2ccc(-c3ccn(CCC(C)(C(=O)NO)S(C)(=O)=O)c(=O)c3)cc2)n1. The van der Waals surface area contributed by atoms with Crippen molar-refractivity contribution in [3.05, 3.63) is 59.1 Å². The number of hydrogen-bond acceptors (Lipinski definition) is 8. The molecule has 11 nitrogen and oxygen atoms in total. The molecular weight excluding hydrogens is 438 g/mol. The number of nitrogens with zero attached hydrogens (tertiary/aromatic N) is 4. The summed E-state index contributed by atoms with van der Waals surface area (Å²) >= 11 is 0. The summed E-state index contributed by atoms with van der Waals surface area (Å²) in [5, 5.41) is 17.2. The summed E-state index contributed by atoms with van der Waals surface area (Å²) in [7, 11) is -2.34. The predicted octanol–water partition coefficient (Wildman–Crippen LogP) is 0.803. The van der Waals surface area contributed by atoms with Crippen molar-refractivity contribution < 1.29 is 23.2 Å². The van der Waals surface area contributed by atoms with E-state index in [1.165, 1.54) is 47.3 Å². The summed E-state index contributed by atoms with van der Waals surface area (Å²) in [6.07, 6.45) is 3.75. The number of benzene rings is 1. The zero-order chi connectivity index (χ0) is 23.5. The smallest absolute Gasteiger partial charge is 0.264 e. The Labute approximate surface area is 184 Å². The molecule has 0 aliphatic heterocycles. The second-order valence-corrected chi connectivity index (χ2v) is 9.81. The molecule has 0 saturated carbocycles. The highest BCUT2D eigenvalue weighted by Gasteiger charge is 2.43. The molecule has 1 amide bonds. The van der Waals surface area contributed by atoms with Crippen molar-refractivity contribution in [1.82, 2.24) is 25.0 Å². The van der Waals surface area contributed by atoms with Crippen molar-refractivity contribution in [2.75, 3.05) is 13.4 Å². The normalized spacial score (nSPS) is 13.4. The van der Waals surface area contributed by atoms with Gasteiger partial charge in [-0.25, -0.2) is 13.9 Å². The monoisotopic (exact) mass is 461 g/mol. The third-order valence-corrected chi connectivity index (χ3v) is 7.36. The molecule has 0 radical (unpaired) electrons. The van der Waals surface area contributed by atoms with Crippen LogP contribution in [0.15, 0.2) is 53.6 Å². The Bertz CT molecular complexity index is 1280. The number of aryl methyl sites for hydroxylation is 1. The van der Waals surface area contributed by atoms with Crippen LogP contribution in [0.2, 0.25) is 0 Å². The molecule has 1 atom stereocenters. The Balaban J connectivity index is 1.79. The summed E-state index contributed by atoms with van der Waals surface area (Å²) in [5.41, 5.74) is 3.21. The number of hydrogen-bond donors (Lipinski definition) is 2. The molecule has 1 aromatic carbocycles. The van der Waals surface area contributed by atoms with Gasteiger partial charge in [0.2, 0.25) is 0 Å². The minimum absolute atomic E-state index is 0.0260. The van der Waals surface area contributed by atoms with Crippen molar-refractivity contribution >= 4 is 15.7 Å². The van der Waals surface area contributed by atoms with Gasteiger partial charge >= 0.3 is 0 Å². The van der Waals surface area contributed by atoms with Crippen LogP contribution in [0.4, 0.5) is 0 Å². The van der Waals surface area contributed by atoms with Gasteiger partial charge in [0.25, 0.3) is 17.3 Å². The molecule has 170 valence electrons. The maximum absolute atomic E-state index is 12.6. The van der Waals surface area contributed by atoms with E-state index in [-0.39, 0.29) is 18.5 Å². The number of methoxy groups -OCH3 is 1. The molecule has 2 heterocycles. The summed E-state index contributed by atoms with van der Waals surface area (Å²) in [6, 6.07) is 10.4. The quantitative estimate of drug-likeness (QED) is 0.370. The van der Waals surface area contributed by atoms with Crippen molar-refractivity contribution in [3.8, 4) is 22.7 Å². The Kier molecular flexibility index (Phi) is 6.46. The molecular formula is C20H23N5O6S. The molecule has 2 aromatic heterocycles. The van der Waals surface area contributed by atoms with E-state index in [0.29, 0.717) is 17.1 Å². The van der Waals surface area contributed by atoms with Crippen LogP contribution in [-0.2, 0) is 21.2 Å². The highest BCUT2D eigenvalue weighted by molar-refractivity contribution is 7.92. The van der Waals surface area contributed by atoms with Gasteiger partial charge in [-0.15, -0.1) is 9.90 Å². The van der Waals surface area contributed by atoms with Crippen molar-refractivity contribution in [1.29, 1.82) is 0 Å². The van der Waals surface area contributed by atoms with Crippen molar-refractivity contribution in [3.63, 3.8) is 0 Å². The van der Waals surface area contributed by atoms with E-state index in [1.807, 2.05) is 12.1 Å². The summed E-state index contributed by atoms with van der Waals surface area (Å²) < 4.78 is 28.6. The highest BCUT2D eigenvalue weighted by Crippen LogP contribution is 2.23. The third-order valence-electron chi connectivity index (χ3n) is 5.34. The molecule has 2 N–H and O–H groups in total. The number of ether oxygens (including phenoxy) is 1. The second kappa shape index (κ2) is 8.93. The Hall–Kier alpha value is -3.51. The molecule has 0 aliphatic carbocycles. The molecule has 0 spiro atoms. The fraction of sp³-hybridized carbons (Fsp3) is 0.300. The number of carbonyl (C=O) groups is 1. The lowest BCUT2D eigenvalue weighted by Gasteiger charge is -2.25. The first-order chi connectivity index (χ1) is 15.1. The molecule has 12 heteroatoms. The van der Waals surface area contributed by atoms with Gasteiger partial charge < -0.3 is 9.30 Å². The van der Waals surface area contributed by atoms with Crippen LogP contribution >= 0.6 is 0 Å². The predicted molar refractivity (Wildman–Crippen MR) is 115 cm³/mol. The van der Waals surface area contributed by atoms with Crippen LogP contribution in [0.1, 0.15) is 13.3 Å². The van der Waals surface area contributed by atoms with Crippen LogP contribution in [0.3, 0.4) is 0 Å². The molecule has 32 heavy (non-hydrogen) atoms. The van der Waals surface area contributed by atoms with Gasteiger partial charge in [-0.05, 0) is 42.7 Å². The molecule has 0 aliphatic rings. The van der Waals surface area contributed by atoms with Gasteiger partial charge in [0.05, 0.1) is 12.8 Å². The zero-order valence-electron chi connectivity index (χ0n) is 17.7. The lowest BCUT2D eigenvalue weighted by molar-refractivity contribution is -0.131. The molecule has 0 fully saturated rings. The van der Waals surface area contributed by atoms with E-state index in [4.69, 9.17) is 9.94 Å². The number of sulfone groups is 1. The molecule has 3 rings (SSSR count). The number of amides is 1. The van der Waals surface area contributed by atoms with Gasteiger partial charge in [-0.3, -0.25) is 14.8 Å². The Morgan fingerprint density at radius 1 is 1.22 bits per heavy atom. The Morgan fingerprint density at radius 2 is 1.91 bits per heavy atom. The lowest BCUT2D eigenvalue weighted by atomic mass is 10.1. The molecule has 0 bridgehead atoms. The standard InChI is InChI=1S/C20H23N5O6S/c1-20(19(27)23-28,32(3,29)30)9-11-24-10-8-15(12-18(24)26)14-4-6-16(7-5-14)25-21-13-17(22-25)31-2/h4-8,10,12-13,28H,9,11H2,1-3H3,(H,23,27). The minimum atomic E-state index is -3.84. The average molecular weight is 462 g/mol. The maximum Gasteiger partial charge on any atom is 0.264 e. The van der Waals surface area contributed by atoms with E-state index in [0.717, 1.165) is 11.8 Å². The van der Waals surface area contributed by atoms with Crippen molar-refractivity contribution in [2.24, 2.45) is 0 Å². The van der Waals surface area contributed by atoms with E-state index < -0.39 is 20.5 Å². The number of hydroxylamine groups is 1. The number of pyridine rings is 1. The number of rotatable bonds is 8. The van der Waals surface area contributed by atoms with E-state index in [9.17, 15) is 18.0 Å². The average Bonchev–Trinajstić information content (AvgIpc) is 3.26. The number of carbonyl (C=O) groups excluding carboxylic acids is 1. The Morgan fingerprint density at radius 3 is 2.44 bits per heavy atom.